The standard InChI is InChI=1S/C23H22N2O3/c1-16-9-11-17(12-10-16)13-19(14-24)23(27)28-15-22(26)25-21-8-4-6-18-5-2-3-7-20(18)21/h2-3,5,7,9-13,21H,4,6,8,15H2,1H3,(H,25,26)/b19-13+/t21-/m0/s1. The Labute approximate surface area is 164 Å². The molecule has 3 rings (SSSR count). The van der Waals surface area contributed by atoms with Gasteiger partial charge in [0.05, 0.1) is 6.04 Å². The number of hydrogen-bond acceptors (Lipinski definition) is 4. The molecule has 0 fully saturated rings. The first-order valence-corrected chi connectivity index (χ1v) is 9.29. The maximum atomic E-state index is 12.2. The molecule has 0 unspecified atom stereocenters. The maximum Gasteiger partial charge on any atom is 0.349 e. The highest BCUT2D eigenvalue weighted by molar-refractivity contribution is 5.98. The minimum absolute atomic E-state index is 0.0744. The van der Waals surface area contributed by atoms with Crippen LogP contribution in [0.1, 0.15) is 41.1 Å². The number of aryl methyl sites for hydroxylation is 2. The molecule has 2 aromatic carbocycles. The molecule has 1 N–H and O–H groups in total. The number of amides is 1. The molecular formula is C23H22N2O3. The first-order chi connectivity index (χ1) is 13.6. The van der Waals surface area contributed by atoms with Crippen molar-refractivity contribution < 1.29 is 14.3 Å². The van der Waals surface area contributed by atoms with Crippen molar-refractivity contribution in [1.29, 1.82) is 5.26 Å². The Morgan fingerprint density at radius 2 is 1.96 bits per heavy atom. The van der Waals surface area contributed by atoms with Crippen LogP contribution >= 0.6 is 0 Å². The number of nitriles is 1. The Hall–Kier alpha value is -3.39. The van der Waals surface area contributed by atoms with Crippen molar-refractivity contribution in [3.8, 4) is 6.07 Å². The van der Waals surface area contributed by atoms with Crippen LogP contribution < -0.4 is 5.32 Å². The Bertz CT molecular complexity index is 939. The average Bonchev–Trinajstić information content (AvgIpc) is 2.72. The highest BCUT2D eigenvalue weighted by Crippen LogP contribution is 2.29. The van der Waals surface area contributed by atoms with Crippen LogP contribution in [-0.2, 0) is 20.7 Å². The van der Waals surface area contributed by atoms with Gasteiger partial charge in [0.2, 0.25) is 0 Å². The van der Waals surface area contributed by atoms with Crippen LogP contribution in [0.3, 0.4) is 0 Å². The van der Waals surface area contributed by atoms with E-state index < -0.39 is 12.6 Å². The van der Waals surface area contributed by atoms with E-state index in [1.54, 1.807) is 0 Å². The van der Waals surface area contributed by atoms with Crippen molar-refractivity contribution in [2.75, 3.05) is 6.61 Å². The molecule has 0 heterocycles. The van der Waals surface area contributed by atoms with Crippen LogP contribution in [0.5, 0.6) is 0 Å². The summed E-state index contributed by atoms with van der Waals surface area (Å²) in [5.74, 6) is -1.18. The summed E-state index contributed by atoms with van der Waals surface area (Å²) in [5.41, 5.74) is 4.02. The second kappa shape index (κ2) is 9.01. The monoisotopic (exact) mass is 374 g/mol. The fraction of sp³-hybridized carbons (Fsp3) is 0.261. The number of fused-ring (bicyclic) bond motifs is 1. The van der Waals surface area contributed by atoms with Crippen molar-refractivity contribution in [2.24, 2.45) is 0 Å². The lowest BCUT2D eigenvalue weighted by molar-refractivity contribution is -0.144. The number of esters is 1. The molecule has 142 valence electrons. The smallest absolute Gasteiger partial charge is 0.349 e. The van der Waals surface area contributed by atoms with E-state index in [9.17, 15) is 14.9 Å². The zero-order chi connectivity index (χ0) is 19.9. The third-order valence-corrected chi connectivity index (χ3v) is 4.77. The topological polar surface area (TPSA) is 79.2 Å². The molecule has 5 heteroatoms. The van der Waals surface area contributed by atoms with E-state index in [1.165, 1.54) is 11.6 Å². The Kier molecular flexibility index (Phi) is 6.23. The van der Waals surface area contributed by atoms with E-state index in [0.717, 1.165) is 36.0 Å². The van der Waals surface area contributed by atoms with Crippen molar-refractivity contribution in [2.45, 2.75) is 32.2 Å². The lowest BCUT2D eigenvalue weighted by Gasteiger charge is -2.26. The number of hydrogen-bond donors (Lipinski definition) is 1. The van der Waals surface area contributed by atoms with E-state index in [2.05, 4.69) is 11.4 Å². The third-order valence-electron chi connectivity index (χ3n) is 4.77. The zero-order valence-electron chi connectivity index (χ0n) is 15.8. The summed E-state index contributed by atoms with van der Waals surface area (Å²) in [7, 11) is 0. The first kappa shape index (κ1) is 19.4. The van der Waals surface area contributed by atoms with Gasteiger partial charge in [-0.2, -0.15) is 5.26 Å². The molecule has 0 saturated heterocycles. The highest BCUT2D eigenvalue weighted by Gasteiger charge is 2.22. The lowest BCUT2D eigenvalue weighted by Crippen LogP contribution is -2.34. The molecular weight excluding hydrogens is 352 g/mol. The molecule has 1 amide bonds. The Balaban J connectivity index is 1.57. The number of nitrogens with zero attached hydrogens (tertiary/aromatic N) is 1. The lowest BCUT2D eigenvalue weighted by atomic mass is 9.88. The van der Waals surface area contributed by atoms with E-state index in [0.29, 0.717) is 0 Å². The van der Waals surface area contributed by atoms with Gasteiger partial charge in [-0.3, -0.25) is 4.79 Å². The summed E-state index contributed by atoms with van der Waals surface area (Å²) in [6, 6.07) is 17.2. The molecule has 0 radical (unpaired) electrons. The Morgan fingerprint density at radius 1 is 1.21 bits per heavy atom. The van der Waals surface area contributed by atoms with E-state index in [4.69, 9.17) is 4.74 Å². The molecule has 1 aliphatic rings. The maximum absolute atomic E-state index is 12.2. The van der Waals surface area contributed by atoms with Gasteiger partial charge in [0, 0.05) is 0 Å². The van der Waals surface area contributed by atoms with Crippen molar-refractivity contribution in [3.05, 3.63) is 76.4 Å². The molecule has 0 aliphatic heterocycles. The summed E-state index contributed by atoms with van der Waals surface area (Å²) >= 11 is 0. The molecule has 0 spiro atoms. The Morgan fingerprint density at radius 3 is 2.71 bits per heavy atom. The zero-order valence-corrected chi connectivity index (χ0v) is 15.8. The SMILES string of the molecule is Cc1ccc(/C=C(\C#N)C(=O)OCC(=O)N[C@H]2CCCc3ccccc32)cc1. The average molecular weight is 374 g/mol. The van der Waals surface area contributed by atoms with Gasteiger partial charge in [0.25, 0.3) is 5.91 Å². The van der Waals surface area contributed by atoms with Crippen LogP contribution in [0.4, 0.5) is 0 Å². The molecule has 0 aromatic heterocycles. The van der Waals surface area contributed by atoms with Crippen molar-refractivity contribution >= 4 is 18.0 Å². The predicted octanol–water partition coefficient (Wildman–Crippen LogP) is 3.64. The molecule has 2 aromatic rings. The van der Waals surface area contributed by atoms with Gasteiger partial charge in [-0.05, 0) is 49.0 Å². The molecule has 0 bridgehead atoms. The van der Waals surface area contributed by atoms with Crippen LogP contribution in [0.25, 0.3) is 6.08 Å². The highest BCUT2D eigenvalue weighted by atomic mass is 16.5. The summed E-state index contributed by atoms with van der Waals surface area (Å²) in [6.45, 7) is 1.54. The van der Waals surface area contributed by atoms with Gasteiger partial charge in [0.1, 0.15) is 11.6 Å². The first-order valence-electron chi connectivity index (χ1n) is 9.29. The second-order valence-electron chi connectivity index (χ2n) is 6.87. The van der Waals surface area contributed by atoms with Gasteiger partial charge in [-0.25, -0.2) is 4.79 Å². The van der Waals surface area contributed by atoms with E-state index in [-0.39, 0.29) is 17.5 Å². The van der Waals surface area contributed by atoms with Gasteiger partial charge in [-0.1, -0.05) is 54.1 Å². The van der Waals surface area contributed by atoms with Crippen LogP contribution in [0.2, 0.25) is 0 Å². The largest absolute Gasteiger partial charge is 0.451 e. The summed E-state index contributed by atoms with van der Waals surface area (Å²) < 4.78 is 5.04. The third kappa shape index (κ3) is 4.86. The van der Waals surface area contributed by atoms with E-state index >= 15 is 0 Å². The van der Waals surface area contributed by atoms with Crippen LogP contribution in [0, 0.1) is 18.3 Å². The summed E-state index contributed by atoms with van der Waals surface area (Å²) in [6.07, 6.45) is 4.32. The second-order valence-corrected chi connectivity index (χ2v) is 6.87. The molecule has 1 aliphatic carbocycles. The van der Waals surface area contributed by atoms with Gasteiger partial charge in [0.15, 0.2) is 6.61 Å². The number of carbonyl (C=O) groups excluding carboxylic acids is 2. The fourth-order valence-electron chi connectivity index (χ4n) is 3.31. The number of nitrogens with one attached hydrogen (secondary N) is 1. The summed E-state index contributed by atoms with van der Waals surface area (Å²) in [5, 5.41) is 12.2. The number of carbonyl (C=O) groups is 2. The normalized spacial score (nSPS) is 15.9. The van der Waals surface area contributed by atoms with Crippen molar-refractivity contribution in [1.82, 2.24) is 5.32 Å². The fourth-order valence-corrected chi connectivity index (χ4v) is 3.31. The molecule has 0 saturated carbocycles. The van der Waals surface area contributed by atoms with Crippen LogP contribution in [0.15, 0.2) is 54.1 Å². The van der Waals surface area contributed by atoms with Crippen LogP contribution in [-0.4, -0.2) is 18.5 Å². The number of rotatable bonds is 5. The predicted molar refractivity (Wildman–Crippen MR) is 106 cm³/mol. The van der Waals surface area contributed by atoms with Gasteiger partial charge in [-0.15, -0.1) is 0 Å². The number of ether oxygens (including phenoxy) is 1. The molecule has 5 nitrogen and oxygen atoms in total. The quantitative estimate of drug-likeness (QED) is 0.492. The van der Waals surface area contributed by atoms with Crippen molar-refractivity contribution in [3.63, 3.8) is 0 Å². The minimum atomic E-state index is -0.803. The minimum Gasteiger partial charge on any atom is -0.451 e. The van der Waals surface area contributed by atoms with E-state index in [1.807, 2.05) is 55.5 Å². The summed E-state index contributed by atoms with van der Waals surface area (Å²) in [4.78, 5) is 24.4. The molecule has 28 heavy (non-hydrogen) atoms. The van der Waals surface area contributed by atoms with Gasteiger partial charge < -0.3 is 10.1 Å². The van der Waals surface area contributed by atoms with Gasteiger partial charge >= 0.3 is 5.97 Å². The number of benzene rings is 2. The molecule has 1 atom stereocenters.